The predicted octanol–water partition coefficient (Wildman–Crippen LogP) is 0.576. The van der Waals surface area contributed by atoms with Gasteiger partial charge in [0, 0.05) is 20.8 Å². The molecule has 0 saturated carbocycles. The number of nitrogens with one attached hydrogen (secondary N) is 2. The second-order valence-corrected chi connectivity index (χ2v) is 4.72. The van der Waals surface area contributed by atoms with Gasteiger partial charge in [-0.1, -0.05) is 6.92 Å². The van der Waals surface area contributed by atoms with E-state index < -0.39 is 5.60 Å². The minimum Gasteiger partial charge on any atom is -0.384 e. The lowest BCUT2D eigenvalue weighted by Gasteiger charge is -2.35. The molecule has 1 rings (SSSR count). The molecule has 0 aliphatic carbocycles. The van der Waals surface area contributed by atoms with Crippen molar-refractivity contribution < 1.29 is 14.3 Å². The third-order valence-corrected chi connectivity index (χ3v) is 3.28. The van der Waals surface area contributed by atoms with E-state index in [-0.39, 0.29) is 18.3 Å². The molecule has 1 saturated heterocycles. The lowest BCUT2D eigenvalue weighted by Crippen LogP contribution is -2.54. The molecule has 2 N–H and O–H groups in total. The van der Waals surface area contributed by atoms with Gasteiger partial charge < -0.3 is 20.1 Å². The monoisotopic (exact) mass is 280 g/mol. The summed E-state index contributed by atoms with van der Waals surface area (Å²) in [6, 6.07) is 0. The summed E-state index contributed by atoms with van der Waals surface area (Å²) in [5.74, 6) is 0.323. The van der Waals surface area contributed by atoms with Gasteiger partial charge in [-0.25, -0.2) is 0 Å². The quantitative estimate of drug-likeness (QED) is 0.747. The Bertz CT molecular complexity index is 245. The second-order valence-electron chi connectivity index (χ2n) is 4.72. The van der Waals surface area contributed by atoms with Gasteiger partial charge in [0.05, 0.1) is 6.61 Å². The molecule has 1 atom stereocenters. The molecule has 1 unspecified atom stereocenters. The number of methoxy groups -OCH3 is 2. The van der Waals surface area contributed by atoms with Gasteiger partial charge in [-0.2, -0.15) is 0 Å². The summed E-state index contributed by atoms with van der Waals surface area (Å²) in [7, 11) is 3.28. The number of hydrogen-bond donors (Lipinski definition) is 2. The number of halogens is 1. The van der Waals surface area contributed by atoms with Crippen molar-refractivity contribution in [2.75, 3.05) is 40.5 Å². The molecule has 0 spiro atoms. The van der Waals surface area contributed by atoms with Crippen LogP contribution in [0.1, 0.15) is 19.8 Å². The number of ether oxygens (including phenoxy) is 2. The van der Waals surface area contributed by atoms with E-state index in [9.17, 15) is 4.79 Å². The first-order valence-electron chi connectivity index (χ1n) is 6.18. The number of carbonyl (C=O) groups excluding carboxylic acids is 1. The Kier molecular flexibility index (Phi) is 8.52. The van der Waals surface area contributed by atoms with Crippen LogP contribution in [0, 0.1) is 5.92 Å². The Balaban J connectivity index is 0.00000289. The molecule has 0 aromatic carbocycles. The molecule has 5 nitrogen and oxygen atoms in total. The van der Waals surface area contributed by atoms with E-state index in [4.69, 9.17) is 9.47 Å². The van der Waals surface area contributed by atoms with Crippen molar-refractivity contribution in [3.05, 3.63) is 0 Å². The van der Waals surface area contributed by atoms with Crippen molar-refractivity contribution in [2.24, 2.45) is 5.92 Å². The zero-order valence-electron chi connectivity index (χ0n) is 11.5. The first kappa shape index (κ1) is 17.6. The third-order valence-electron chi connectivity index (χ3n) is 3.28. The molecule has 1 fully saturated rings. The topological polar surface area (TPSA) is 59.6 Å². The Labute approximate surface area is 115 Å². The molecule has 0 bridgehead atoms. The highest BCUT2D eigenvalue weighted by molar-refractivity contribution is 5.85. The molecule has 1 amide bonds. The van der Waals surface area contributed by atoms with Crippen molar-refractivity contribution in [1.82, 2.24) is 10.6 Å². The third kappa shape index (κ3) is 4.72. The smallest absolute Gasteiger partial charge is 0.252 e. The van der Waals surface area contributed by atoms with Crippen molar-refractivity contribution in [1.29, 1.82) is 0 Å². The van der Waals surface area contributed by atoms with E-state index >= 15 is 0 Å². The van der Waals surface area contributed by atoms with E-state index in [0.29, 0.717) is 19.1 Å². The van der Waals surface area contributed by atoms with Crippen LogP contribution in [-0.2, 0) is 14.3 Å². The maximum atomic E-state index is 12.2. The average molecular weight is 281 g/mol. The van der Waals surface area contributed by atoms with E-state index in [1.54, 1.807) is 14.2 Å². The Hall–Kier alpha value is -0.360. The number of hydrogen-bond acceptors (Lipinski definition) is 4. The van der Waals surface area contributed by atoms with Crippen LogP contribution in [0.15, 0.2) is 0 Å². The largest absolute Gasteiger partial charge is 0.384 e. The van der Waals surface area contributed by atoms with E-state index in [1.807, 2.05) is 6.92 Å². The standard InChI is InChI=1S/C12H24N2O3.ClH/c1-10(9-16-2)8-14-11(15)12(17-3)4-6-13-7-5-12;/h10,13H,4-9H2,1-3H3,(H,14,15);1H. The summed E-state index contributed by atoms with van der Waals surface area (Å²) in [6.07, 6.45) is 1.46. The number of amides is 1. The van der Waals surface area contributed by atoms with Crippen molar-refractivity contribution in [3.8, 4) is 0 Å². The summed E-state index contributed by atoms with van der Waals surface area (Å²) in [6.45, 7) is 4.99. The van der Waals surface area contributed by atoms with Crippen LogP contribution in [0.5, 0.6) is 0 Å². The Morgan fingerprint density at radius 2 is 2.00 bits per heavy atom. The van der Waals surface area contributed by atoms with Crippen LogP contribution < -0.4 is 10.6 Å². The molecule has 108 valence electrons. The molecule has 0 aromatic heterocycles. The SMILES string of the molecule is COCC(C)CNC(=O)C1(OC)CCNCC1.Cl. The highest BCUT2D eigenvalue weighted by atomic mass is 35.5. The summed E-state index contributed by atoms with van der Waals surface area (Å²) in [4.78, 5) is 12.2. The van der Waals surface area contributed by atoms with Crippen LogP contribution >= 0.6 is 12.4 Å². The predicted molar refractivity (Wildman–Crippen MR) is 73.1 cm³/mol. The van der Waals surface area contributed by atoms with Gasteiger partial charge in [0.2, 0.25) is 0 Å². The molecule has 1 aliphatic rings. The Morgan fingerprint density at radius 3 is 2.50 bits per heavy atom. The summed E-state index contributed by atoms with van der Waals surface area (Å²) in [5.41, 5.74) is -0.641. The van der Waals surface area contributed by atoms with Gasteiger partial charge in [-0.15, -0.1) is 12.4 Å². The minimum atomic E-state index is -0.641. The molecular weight excluding hydrogens is 256 g/mol. The molecule has 1 heterocycles. The molecule has 0 radical (unpaired) electrons. The minimum absolute atomic E-state index is 0. The maximum Gasteiger partial charge on any atom is 0.252 e. The molecular formula is C12H25ClN2O3. The zero-order chi connectivity index (χ0) is 12.7. The van der Waals surface area contributed by atoms with Gasteiger partial charge >= 0.3 is 0 Å². The van der Waals surface area contributed by atoms with Gasteiger partial charge in [0.1, 0.15) is 5.60 Å². The van der Waals surface area contributed by atoms with Gasteiger partial charge in [-0.3, -0.25) is 4.79 Å². The van der Waals surface area contributed by atoms with Crippen LogP contribution in [0.4, 0.5) is 0 Å². The normalized spacial score (nSPS) is 19.7. The number of piperidine rings is 1. The molecule has 18 heavy (non-hydrogen) atoms. The van der Waals surface area contributed by atoms with Gasteiger partial charge in [0.25, 0.3) is 5.91 Å². The number of rotatable bonds is 6. The van der Waals surface area contributed by atoms with E-state index in [0.717, 1.165) is 25.9 Å². The van der Waals surface area contributed by atoms with Crippen molar-refractivity contribution in [2.45, 2.75) is 25.4 Å². The van der Waals surface area contributed by atoms with Gasteiger partial charge in [-0.05, 0) is 31.8 Å². The van der Waals surface area contributed by atoms with Crippen LogP contribution in [-0.4, -0.2) is 52.0 Å². The van der Waals surface area contributed by atoms with E-state index in [2.05, 4.69) is 10.6 Å². The summed E-state index contributed by atoms with van der Waals surface area (Å²) >= 11 is 0. The summed E-state index contributed by atoms with van der Waals surface area (Å²) in [5, 5.41) is 6.19. The molecule has 1 aliphatic heterocycles. The molecule has 0 aromatic rings. The lowest BCUT2D eigenvalue weighted by molar-refractivity contribution is -0.146. The second kappa shape index (κ2) is 8.69. The summed E-state index contributed by atoms with van der Waals surface area (Å²) < 4.78 is 10.5. The fourth-order valence-corrected chi connectivity index (χ4v) is 2.13. The van der Waals surface area contributed by atoms with Crippen LogP contribution in [0.2, 0.25) is 0 Å². The highest BCUT2D eigenvalue weighted by Gasteiger charge is 2.39. The fraction of sp³-hybridized carbons (Fsp3) is 0.917. The average Bonchev–Trinajstić information content (AvgIpc) is 2.37. The van der Waals surface area contributed by atoms with Crippen molar-refractivity contribution in [3.63, 3.8) is 0 Å². The van der Waals surface area contributed by atoms with E-state index in [1.165, 1.54) is 0 Å². The Morgan fingerprint density at radius 1 is 1.39 bits per heavy atom. The van der Waals surface area contributed by atoms with Crippen molar-refractivity contribution >= 4 is 18.3 Å². The zero-order valence-corrected chi connectivity index (χ0v) is 12.3. The maximum absolute atomic E-state index is 12.2. The van der Waals surface area contributed by atoms with Gasteiger partial charge in [0.15, 0.2) is 0 Å². The van der Waals surface area contributed by atoms with Crippen LogP contribution in [0.3, 0.4) is 0 Å². The fourth-order valence-electron chi connectivity index (χ4n) is 2.13. The number of carbonyl (C=O) groups is 1. The van der Waals surface area contributed by atoms with Crippen LogP contribution in [0.25, 0.3) is 0 Å². The lowest BCUT2D eigenvalue weighted by atomic mass is 9.91. The highest BCUT2D eigenvalue weighted by Crippen LogP contribution is 2.22. The molecule has 6 heteroatoms. The first-order valence-corrected chi connectivity index (χ1v) is 6.18. The first-order chi connectivity index (χ1) is 8.14.